The number of oxime groups is 1. The number of carbonyl (C=O) groups is 1. The Morgan fingerprint density at radius 2 is 2.08 bits per heavy atom. The fraction of sp³-hybridized carbons (Fsp3) is 0.211. The Labute approximate surface area is 140 Å². The zero-order valence-electron chi connectivity index (χ0n) is 13.3. The molecule has 120 valence electrons. The minimum atomic E-state index is -0.208. The van der Waals surface area contributed by atoms with Crippen molar-refractivity contribution >= 4 is 11.6 Å². The second-order valence-corrected chi connectivity index (χ2v) is 5.72. The third-order valence-corrected chi connectivity index (χ3v) is 3.91. The van der Waals surface area contributed by atoms with Gasteiger partial charge in [0.05, 0.1) is 11.6 Å². The van der Waals surface area contributed by atoms with Crippen LogP contribution in [-0.2, 0) is 16.2 Å². The fourth-order valence-electron chi connectivity index (χ4n) is 2.66. The molecular weight excluding hydrogens is 302 g/mol. The summed E-state index contributed by atoms with van der Waals surface area (Å²) >= 11 is 0. The van der Waals surface area contributed by atoms with Crippen LogP contribution in [0.1, 0.15) is 29.2 Å². The van der Waals surface area contributed by atoms with Gasteiger partial charge in [-0.05, 0) is 23.3 Å². The van der Waals surface area contributed by atoms with E-state index < -0.39 is 0 Å². The first-order valence-corrected chi connectivity index (χ1v) is 7.69. The SMILES string of the molecule is CN(Cc1cccc(C#N)c1)C(=O)C1=NO[C@@H](c2ccccc2)C1. The molecule has 0 unspecified atom stereocenters. The highest BCUT2D eigenvalue weighted by Gasteiger charge is 2.29. The van der Waals surface area contributed by atoms with E-state index >= 15 is 0 Å². The Bertz CT molecular complexity index is 809. The van der Waals surface area contributed by atoms with Gasteiger partial charge in [-0.25, -0.2) is 0 Å². The van der Waals surface area contributed by atoms with Crippen LogP contribution >= 0.6 is 0 Å². The number of benzene rings is 2. The lowest BCUT2D eigenvalue weighted by molar-refractivity contribution is -0.123. The maximum absolute atomic E-state index is 12.5. The molecule has 0 aromatic heterocycles. The summed E-state index contributed by atoms with van der Waals surface area (Å²) in [4.78, 5) is 19.5. The highest BCUT2D eigenvalue weighted by atomic mass is 16.6. The van der Waals surface area contributed by atoms with Crippen molar-refractivity contribution in [2.75, 3.05) is 7.05 Å². The van der Waals surface area contributed by atoms with Crippen LogP contribution in [0.25, 0.3) is 0 Å². The van der Waals surface area contributed by atoms with Gasteiger partial charge in [-0.2, -0.15) is 5.26 Å². The van der Waals surface area contributed by atoms with Gasteiger partial charge in [-0.3, -0.25) is 4.79 Å². The van der Waals surface area contributed by atoms with Crippen molar-refractivity contribution in [3.63, 3.8) is 0 Å². The standard InChI is InChI=1S/C19H17N3O2/c1-22(13-15-7-5-6-14(10-15)12-20)19(23)17-11-18(24-21-17)16-8-3-2-4-9-16/h2-10,18H,11,13H2,1H3/t18-/m1/s1. The zero-order chi connectivity index (χ0) is 16.9. The van der Waals surface area contributed by atoms with Gasteiger partial charge in [0.25, 0.3) is 5.91 Å². The Balaban J connectivity index is 1.63. The number of nitrogens with zero attached hydrogens (tertiary/aromatic N) is 3. The molecule has 0 fully saturated rings. The first-order chi connectivity index (χ1) is 11.7. The molecule has 0 spiro atoms. The van der Waals surface area contributed by atoms with Crippen molar-refractivity contribution in [3.05, 3.63) is 71.3 Å². The fourth-order valence-corrected chi connectivity index (χ4v) is 2.66. The molecule has 1 amide bonds. The summed E-state index contributed by atoms with van der Waals surface area (Å²) in [6.45, 7) is 0.420. The maximum atomic E-state index is 12.5. The van der Waals surface area contributed by atoms with E-state index in [4.69, 9.17) is 10.1 Å². The molecule has 5 nitrogen and oxygen atoms in total. The second kappa shape index (κ2) is 6.97. The van der Waals surface area contributed by atoms with E-state index in [-0.39, 0.29) is 12.0 Å². The van der Waals surface area contributed by atoms with E-state index in [0.717, 1.165) is 11.1 Å². The predicted octanol–water partition coefficient (Wildman–Crippen LogP) is 3.03. The third kappa shape index (κ3) is 3.44. The van der Waals surface area contributed by atoms with Gasteiger partial charge in [0.15, 0.2) is 6.10 Å². The number of hydrogen-bond donors (Lipinski definition) is 0. The van der Waals surface area contributed by atoms with Crippen molar-refractivity contribution in [1.29, 1.82) is 5.26 Å². The van der Waals surface area contributed by atoms with Crippen LogP contribution in [0.4, 0.5) is 0 Å². The molecule has 1 atom stereocenters. The number of nitriles is 1. The van der Waals surface area contributed by atoms with Crippen molar-refractivity contribution in [3.8, 4) is 6.07 Å². The second-order valence-electron chi connectivity index (χ2n) is 5.72. The quantitative estimate of drug-likeness (QED) is 0.870. The van der Waals surface area contributed by atoms with E-state index in [9.17, 15) is 4.79 Å². The summed E-state index contributed by atoms with van der Waals surface area (Å²) in [5.41, 5.74) is 2.92. The largest absolute Gasteiger partial charge is 0.387 e. The molecule has 1 aliphatic heterocycles. The Morgan fingerprint density at radius 3 is 2.83 bits per heavy atom. The summed E-state index contributed by atoms with van der Waals surface area (Å²) in [5, 5.41) is 12.9. The van der Waals surface area contributed by atoms with Gasteiger partial charge in [-0.1, -0.05) is 47.6 Å². The molecule has 5 heteroatoms. The molecule has 0 saturated heterocycles. The van der Waals surface area contributed by atoms with Crippen LogP contribution < -0.4 is 0 Å². The van der Waals surface area contributed by atoms with E-state index in [0.29, 0.717) is 24.2 Å². The lowest BCUT2D eigenvalue weighted by Crippen LogP contribution is -2.32. The van der Waals surface area contributed by atoms with Crippen molar-refractivity contribution in [2.24, 2.45) is 5.16 Å². The molecule has 0 bridgehead atoms. The van der Waals surface area contributed by atoms with Crippen molar-refractivity contribution < 1.29 is 9.63 Å². The number of amides is 1. The minimum Gasteiger partial charge on any atom is -0.387 e. The van der Waals surface area contributed by atoms with Crippen LogP contribution in [-0.4, -0.2) is 23.6 Å². The average molecular weight is 319 g/mol. The first-order valence-electron chi connectivity index (χ1n) is 7.69. The minimum absolute atomic E-state index is 0.157. The molecule has 2 aromatic carbocycles. The lowest BCUT2D eigenvalue weighted by atomic mass is 10.0. The molecule has 3 rings (SSSR count). The number of carbonyl (C=O) groups excluding carboxylic acids is 1. The van der Waals surface area contributed by atoms with Gasteiger partial charge in [0, 0.05) is 20.0 Å². The topological polar surface area (TPSA) is 65.7 Å². The molecule has 1 heterocycles. The first kappa shape index (κ1) is 15.8. The Morgan fingerprint density at radius 1 is 1.29 bits per heavy atom. The highest BCUT2D eigenvalue weighted by Crippen LogP contribution is 2.27. The van der Waals surface area contributed by atoms with Crippen LogP contribution in [0.3, 0.4) is 0 Å². The van der Waals surface area contributed by atoms with Crippen molar-refractivity contribution in [2.45, 2.75) is 19.1 Å². The molecule has 0 aliphatic carbocycles. The van der Waals surface area contributed by atoms with Gasteiger partial charge in [0.1, 0.15) is 5.71 Å². The Kier molecular flexibility index (Phi) is 4.57. The summed E-state index contributed by atoms with van der Waals surface area (Å²) < 4.78 is 0. The predicted molar refractivity (Wildman–Crippen MR) is 90.0 cm³/mol. The lowest BCUT2D eigenvalue weighted by Gasteiger charge is -2.16. The monoisotopic (exact) mass is 319 g/mol. The van der Waals surface area contributed by atoms with Crippen LogP contribution in [0.5, 0.6) is 0 Å². The van der Waals surface area contributed by atoms with E-state index in [2.05, 4.69) is 11.2 Å². The number of hydrogen-bond acceptors (Lipinski definition) is 4. The summed E-state index contributed by atoms with van der Waals surface area (Å²) in [6, 6.07) is 19.1. The third-order valence-electron chi connectivity index (χ3n) is 3.91. The average Bonchev–Trinajstić information content (AvgIpc) is 3.12. The molecule has 0 radical (unpaired) electrons. The van der Waals surface area contributed by atoms with Gasteiger partial charge in [-0.15, -0.1) is 0 Å². The van der Waals surface area contributed by atoms with E-state index in [1.807, 2.05) is 42.5 Å². The zero-order valence-corrected chi connectivity index (χ0v) is 13.3. The highest BCUT2D eigenvalue weighted by molar-refractivity contribution is 6.38. The Hall–Kier alpha value is -3.13. The van der Waals surface area contributed by atoms with Crippen LogP contribution in [0.15, 0.2) is 59.8 Å². The summed E-state index contributed by atoms with van der Waals surface area (Å²) in [6.07, 6.45) is 0.256. The molecule has 2 aromatic rings. The maximum Gasteiger partial charge on any atom is 0.271 e. The van der Waals surface area contributed by atoms with E-state index in [1.54, 1.807) is 24.1 Å². The van der Waals surface area contributed by atoms with E-state index in [1.165, 1.54) is 0 Å². The van der Waals surface area contributed by atoms with Crippen LogP contribution in [0.2, 0.25) is 0 Å². The van der Waals surface area contributed by atoms with Crippen molar-refractivity contribution in [1.82, 2.24) is 4.90 Å². The summed E-state index contributed by atoms with van der Waals surface area (Å²) in [7, 11) is 1.72. The molecule has 0 saturated carbocycles. The smallest absolute Gasteiger partial charge is 0.271 e. The van der Waals surface area contributed by atoms with Crippen LogP contribution in [0, 0.1) is 11.3 Å². The molecule has 0 N–H and O–H groups in total. The normalized spacial score (nSPS) is 16.0. The molecule has 1 aliphatic rings. The van der Waals surface area contributed by atoms with Gasteiger partial charge >= 0.3 is 0 Å². The molecule has 24 heavy (non-hydrogen) atoms. The molecular formula is C19H17N3O2. The van der Waals surface area contributed by atoms with Gasteiger partial charge in [0.2, 0.25) is 0 Å². The van der Waals surface area contributed by atoms with Gasteiger partial charge < -0.3 is 9.74 Å². The number of rotatable bonds is 4. The summed E-state index contributed by atoms with van der Waals surface area (Å²) in [5.74, 6) is -0.157.